The van der Waals surface area contributed by atoms with Gasteiger partial charge in [-0.25, -0.2) is 9.38 Å². The van der Waals surface area contributed by atoms with Gasteiger partial charge in [-0.15, -0.1) is 24.0 Å². The SMILES string of the molecule is CCNC(=NCC(=O)Nc1ccc(O)cc1)NC(C)c1ccc(OC)c(F)c1.I. The van der Waals surface area contributed by atoms with Crippen molar-refractivity contribution in [3.63, 3.8) is 0 Å². The van der Waals surface area contributed by atoms with E-state index in [1.54, 1.807) is 24.3 Å². The van der Waals surface area contributed by atoms with Gasteiger partial charge in [-0.2, -0.15) is 0 Å². The molecule has 0 aromatic heterocycles. The molecule has 2 aromatic carbocycles. The number of aliphatic imine (C=N–C) groups is 1. The summed E-state index contributed by atoms with van der Waals surface area (Å²) < 4.78 is 18.8. The molecule has 0 aliphatic heterocycles. The van der Waals surface area contributed by atoms with Gasteiger partial charge in [0.15, 0.2) is 17.5 Å². The number of carbonyl (C=O) groups excluding carboxylic acids is 1. The van der Waals surface area contributed by atoms with Crippen molar-refractivity contribution in [1.29, 1.82) is 0 Å². The number of aromatic hydroxyl groups is 1. The Labute approximate surface area is 186 Å². The molecule has 0 radical (unpaired) electrons. The number of nitrogens with one attached hydrogen (secondary N) is 3. The molecular formula is C20H26FIN4O3. The Balaban J connectivity index is 0.00000420. The minimum absolute atomic E-state index is 0. The van der Waals surface area contributed by atoms with E-state index in [-0.39, 0.29) is 54.0 Å². The van der Waals surface area contributed by atoms with Crippen molar-refractivity contribution in [2.24, 2.45) is 4.99 Å². The molecule has 0 saturated carbocycles. The van der Waals surface area contributed by atoms with Crippen molar-refractivity contribution in [3.05, 3.63) is 53.8 Å². The second kappa shape index (κ2) is 12.1. The fraction of sp³-hybridized carbons (Fsp3) is 0.300. The maximum atomic E-state index is 13.9. The molecule has 29 heavy (non-hydrogen) atoms. The van der Waals surface area contributed by atoms with Crippen LogP contribution in [0, 0.1) is 5.82 Å². The zero-order chi connectivity index (χ0) is 20.5. The Morgan fingerprint density at radius 2 is 1.93 bits per heavy atom. The van der Waals surface area contributed by atoms with Crippen molar-refractivity contribution in [2.45, 2.75) is 19.9 Å². The lowest BCUT2D eigenvalue weighted by atomic mass is 10.1. The minimum Gasteiger partial charge on any atom is -0.508 e. The summed E-state index contributed by atoms with van der Waals surface area (Å²) in [5.74, 6) is 0.00280. The standard InChI is InChI=1S/C20H25FN4O3.HI/c1-4-22-20(23-12-19(27)25-15-6-8-16(26)9-7-15)24-13(2)14-5-10-18(28-3)17(21)11-14;/h5-11,13,26H,4,12H2,1-3H3,(H,25,27)(H2,22,23,24);1H. The molecule has 0 aliphatic rings. The van der Waals surface area contributed by atoms with Gasteiger partial charge in [-0.05, 0) is 55.8 Å². The van der Waals surface area contributed by atoms with Crippen LogP contribution in [-0.4, -0.2) is 37.2 Å². The van der Waals surface area contributed by atoms with Gasteiger partial charge in [0.1, 0.15) is 12.3 Å². The van der Waals surface area contributed by atoms with Gasteiger partial charge < -0.3 is 25.8 Å². The van der Waals surface area contributed by atoms with E-state index >= 15 is 0 Å². The number of methoxy groups -OCH3 is 1. The van der Waals surface area contributed by atoms with Gasteiger partial charge in [-0.1, -0.05) is 6.07 Å². The molecule has 1 unspecified atom stereocenters. The van der Waals surface area contributed by atoms with Gasteiger partial charge in [0.05, 0.1) is 13.2 Å². The Kier molecular flexibility index (Phi) is 10.2. The van der Waals surface area contributed by atoms with Crippen LogP contribution in [0.15, 0.2) is 47.5 Å². The van der Waals surface area contributed by atoms with Gasteiger partial charge in [0.25, 0.3) is 0 Å². The normalized spacial score (nSPS) is 11.8. The fourth-order valence-electron chi connectivity index (χ4n) is 2.46. The van der Waals surface area contributed by atoms with Gasteiger partial charge >= 0.3 is 0 Å². The van der Waals surface area contributed by atoms with Crippen LogP contribution in [-0.2, 0) is 4.79 Å². The van der Waals surface area contributed by atoms with E-state index in [9.17, 15) is 14.3 Å². The van der Waals surface area contributed by atoms with Crippen molar-refractivity contribution in [1.82, 2.24) is 10.6 Å². The molecule has 158 valence electrons. The third-order valence-corrected chi connectivity index (χ3v) is 3.91. The maximum absolute atomic E-state index is 13.9. The number of anilines is 1. The number of amides is 1. The average molecular weight is 516 g/mol. The largest absolute Gasteiger partial charge is 0.508 e. The first-order valence-corrected chi connectivity index (χ1v) is 8.90. The number of phenolic OH excluding ortho intramolecular Hbond substituents is 1. The van der Waals surface area contributed by atoms with Crippen molar-refractivity contribution < 1.29 is 19.0 Å². The van der Waals surface area contributed by atoms with E-state index < -0.39 is 5.82 Å². The summed E-state index contributed by atoms with van der Waals surface area (Å²) >= 11 is 0. The first-order valence-electron chi connectivity index (χ1n) is 8.90. The number of rotatable bonds is 7. The van der Waals surface area contributed by atoms with Gasteiger partial charge in [0.2, 0.25) is 5.91 Å². The summed E-state index contributed by atoms with van der Waals surface area (Å²) in [6, 6.07) is 10.7. The summed E-state index contributed by atoms with van der Waals surface area (Å²) in [7, 11) is 1.42. The molecule has 9 heteroatoms. The Morgan fingerprint density at radius 3 is 2.52 bits per heavy atom. The Morgan fingerprint density at radius 1 is 1.24 bits per heavy atom. The molecule has 1 amide bonds. The number of ether oxygens (including phenoxy) is 1. The summed E-state index contributed by atoms with van der Waals surface area (Å²) in [5.41, 5.74) is 1.29. The molecular weight excluding hydrogens is 490 g/mol. The topological polar surface area (TPSA) is 95.0 Å². The Bertz CT molecular complexity index is 831. The Hall–Kier alpha value is -2.56. The lowest BCUT2D eigenvalue weighted by Crippen LogP contribution is -2.39. The van der Waals surface area contributed by atoms with Crippen LogP contribution in [0.25, 0.3) is 0 Å². The predicted molar refractivity (Wildman–Crippen MR) is 123 cm³/mol. The number of hydrogen-bond acceptors (Lipinski definition) is 4. The van der Waals surface area contributed by atoms with Crippen LogP contribution >= 0.6 is 24.0 Å². The molecule has 0 spiro atoms. The summed E-state index contributed by atoms with van der Waals surface area (Å²) in [6.45, 7) is 4.28. The molecule has 4 N–H and O–H groups in total. The third kappa shape index (κ3) is 7.76. The van der Waals surface area contributed by atoms with Gasteiger partial charge in [0, 0.05) is 12.2 Å². The maximum Gasteiger partial charge on any atom is 0.246 e. The summed E-state index contributed by atoms with van der Waals surface area (Å²) in [4.78, 5) is 16.3. The second-order valence-electron chi connectivity index (χ2n) is 6.05. The monoisotopic (exact) mass is 516 g/mol. The summed E-state index contributed by atoms with van der Waals surface area (Å²) in [6.07, 6.45) is 0. The molecule has 1 atom stereocenters. The fourth-order valence-corrected chi connectivity index (χ4v) is 2.46. The van der Waals surface area contributed by atoms with E-state index in [2.05, 4.69) is 20.9 Å². The van der Waals surface area contributed by atoms with Crippen LogP contribution in [0.5, 0.6) is 11.5 Å². The molecule has 2 aromatic rings. The number of benzene rings is 2. The van der Waals surface area contributed by atoms with Crippen LogP contribution in [0.2, 0.25) is 0 Å². The van der Waals surface area contributed by atoms with Gasteiger partial charge in [-0.3, -0.25) is 4.79 Å². The van der Waals surface area contributed by atoms with E-state index in [0.717, 1.165) is 5.56 Å². The molecule has 2 rings (SSSR count). The number of halogens is 2. The minimum atomic E-state index is -0.441. The van der Waals surface area contributed by atoms with Crippen molar-refractivity contribution in [2.75, 3.05) is 25.5 Å². The molecule has 7 nitrogen and oxygen atoms in total. The van der Waals surface area contributed by atoms with E-state index in [1.807, 2.05) is 13.8 Å². The van der Waals surface area contributed by atoms with Crippen LogP contribution in [0.4, 0.5) is 10.1 Å². The zero-order valence-electron chi connectivity index (χ0n) is 16.5. The third-order valence-electron chi connectivity index (χ3n) is 3.91. The number of nitrogens with zero attached hydrogens (tertiary/aromatic N) is 1. The number of carbonyl (C=O) groups is 1. The average Bonchev–Trinajstić information content (AvgIpc) is 2.68. The molecule has 0 fully saturated rings. The molecule has 0 bridgehead atoms. The highest BCUT2D eigenvalue weighted by Crippen LogP contribution is 2.21. The molecule has 0 aliphatic carbocycles. The van der Waals surface area contributed by atoms with Crippen molar-refractivity contribution in [3.8, 4) is 11.5 Å². The lowest BCUT2D eigenvalue weighted by Gasteiger charge is -2.18. The first-order chi connectivity index (χ1) is 13.4. The zero-order valence-corrected chi connectivity index (χ0v) is 18.9. The second-order valence-corrected chi connectivity index (χ2v) is 6.05. The lowest BCUT2D eigenvalue weighted by molar-refractivity contribution is -0.114. The van der Waals surface area contributed by atoms with Crippen molar-refractivity contribution >= 4 is 41.5 Å². The van der Waals surface area contributed by atoms with E-state index in [1.165, 1.54) is 25.3 Å². The number of phenols is 1. The smallest absolute Gasteiger partial charge is 0.246 e. The van der Waals surface area contributed by atoms with E-state index in [0.29, 0.717) is 18.2 Å². The van der Waals surface area contributed by atoms with Crippen LogP contribution in [0.3, 0.4) is 0 Å². The first kappa shape index (κ1) is 24.5. The summed E-state index contributed by atoms with van der Waals surface area (Å²) in [5, 5.41) is 18.2. The molecule has 0 heterocycles. The number of hydrogen-bond donors (Lipinski definition) is 4. The van der Waals surface area contributed by atoms with Crippen LogP contribution < -0.4 is 20.7 Å². The molecule has 0 saturated heterocycles. The highest BCUT2D eigenvalue weighted by atomic mass is 127. The number of guanidine groups is 1. The predicted octanol–water partition coefficient (Wildman–Crippen LogP) is 3.41. The highest BCUT2D eigenvalue weighted by molar-refractivity contribution is 14.0. The highest BCUT2D eigenvalue weighted by Gasteiger charge is 2.12. The van der Waals surface area contributed by atoms with Crippen LogP contribution in [0.1, 0.15) is 25.5 Å². The quantitative estimate of drug-likeness (QED) is 0.196. The van der Waals surface area contributed by atoms with E-state index in [4.69, 9.17) is 4.74 Å².